The van der Waals surface area contributed by atoms with Crippen LogP contribution in [0.4, 0.5) is 34.1 Å². The van der Waals surface area contributed by atoms with E-state index >= 15 is 0 Å². The van der Waals surface area contributed by atoms with Gasteiger partial charge in [-0.2, -0.15) is 5.26 Å². The Morgan fingerprint density at radius 2 is 1.00 bits per heavy atom. The summed E-state index contributed by atoms with van der Waals surface area (Å²) < 4.78 is 0. The van der Waals surface area contributed by atoms with Crippen molar-refractivity contribution in [3.05, 3.63) is 151 Å². The summed E-state index contributed by atoms with van der Waals surface area (Å²) >= 11 is 0. The number of benzene rings is 5. The molecule has 6 aromatic rings. The molecule has 0 N–H and O–H groups in total. The molecule has 7 rings (SSSR count). The van der Waals surface area contributed by atoms with Crippen LogP contribution >= 0.6 is 0 Å². The highest BCUT2D eigenvalue weighted by Crippen LogP contribution is 2.54. The zero-order chi connectivity index (χ0) is 26.9. The summed E-state index contributed by atoms with van der Waals surface area (Å²) in [6.07, 6.45) is 1.66. The van der Waals surface area contributed by atoms with Gasteiger partial charge >= 0.3 is 0 Å². The lowest BCUT2D eigenvalue weighted by Gasteiger charge is -2.40. The summed E-state index contributed by atoms with van der Waals surface area (Å²) in [5.41, 5.74) is 11.1. The van der Waals surface area contributed by atoms with Gasteiger partial charge in [0.15, 0.2) is 0 Å². The van der Waals surface area contributed by atoms with E-state index in [1.807, 2.05) is 30.3 Å². The number of para-hydroxylation sites is 5. The first kappa shape index (κ1) is 23.5. The molecule has 0 amide bonds. The second-order valence-corrected chi connectivity index (χ2v) is 9.63. The number of hydrogen-bond acceptors (Lipinski definition) is 4. The van der Waals surface area contributed by atoms with E-state index in [9.17, 15) is 5.26 Å². The van der Waals surface area contributed by atoms with Crippen molar-refractivity contribution >= 4 is 34.1 Å². The zero-order valence-corrected chi connectivity index (χ0v) is 21.6. The van der Waals surface area contributed by atoms with Crippen molar-refractivity contribution in [2.24, 2.45) is 0 Å². The van der Waals surface area contributed by atoms with Crippen LogP contribution in [0.2, 0.25) is 0 Å². The first-order valence-electron chi connectivity index (χ1n) is 13.2. The van der Waals surface area contributed by atoms with Crippen molar-refractivity contribution in [3.63, 3.8) is 0 Å². The molecule has 0 aliphatic carbocycles. The number of aromatic nitrogens is 1. The molecule has 0 saturated heterocycles. The van der Waals surface area contributed by atoms with Crippen LogP contribution in [0.3, 0.4) is 0 Å². The summed E-state index contributed by atoms with van der Waals surface area (Å²) in [5.74, 6) is 0. The number of rotatable bonds is 4. The first-order chi connectivity index (χ1) is 19.8. The third-order valence-electron chi connectivity index (χ3n) is 7.27. The van der Waals surface area contributed by atoms with Crippen LogP contribution in [0.15, 0.2) is 146 Å². The minimum absolute atomic E-state index is 0.429. The van der Waals surface area contributed by atoms with E-state index in [0.29, 0.717) is 5.69 Å². The Morgan fingerprint density at radius 1 is 0.475 bits per heavy atom. The molecule has 2 heterocycles. The van der Waals surface area contributed by atoms with Gasteiger partial charge in [-0.1, -0.05) is 72.8 Å². The molecular weight excluding hydrogens is 488 g/mol. The van der Waals surface area contributed by atoms with Crippen LogP contribution in [0, 0.1) is 11.3 Å². The van der Waals surface area contributed by atoms with Crippen LogP contribution in [0.1, 0.15) is 5.69 Å². The van der Waals surface area contributed by atoms with E-state index in [4.69, 9.17) is 0 Å². The summed E-state index contributed by atoms with van der Waals surface area (Å²) in [5, 5.41) is 9.58. The highest BCUT2D eigenvalue weighted by molar-refractivity contribution is 6.01. The van der Waals surface area contributed by atoms with Crippen molar-refractivity contribution in [2.75, 3.05) is 9.80 Å². The van der Waals surface area contributed by atoms with Crippen molar-refractivity contribution in [1.82, 2.24) is 4.98 Å². The molecular formula is C36H24N4. The second-order valence-electron chi connectivity index (χ2n) is 9.63. The summed E-state index contributed by atoms with van der Waals surface area (Å²) in [6.45, 7) is 0. The maximum atomic E-state index is 9.58. The molecule has 1 aliphatic rings. The largest absolute Gasteiger partial charge is 0.306 e. The fourth-order valence-electron chi connectivity index (χ4n) is 5.50. The molecule has 4 nitrogen and oxygen atoms in total. The lowest BCUT2D eigenvalue weighted by Crippen LogP contribution is -2.23. The Labute approximate surface area is 233 Å². The van der Waals surface area contributed by atoms with E-state index in [0.717, 1.165) is 56.4 Å². The zero-order valence-electron chi connectivity index (χ0n) is 21.6. The summed E-state index contributed by atoms with van der Waals surface area (Å²) in [6, 6.07) is 50.6. The van der Waals surface area contributed by atoms with Gasteiger partial charge in [-0.25, -0.2) is 4.98 Å². The van der Waals surface area contributed by atoms with Gasteiger partial charge in [-0.15, -0.1) is 0 Å². The molecule has 4 heteroatoms. The van der Waals surface area contributed by atoms with Gasteiger partial charge in [0, 0.05) is 23.1 Å². The quantitative estimate of drug-likeness (QED) is 0.235. The topological polar surface area (TPSA) is 43.2 Å². The molecule has 0 spiro atoms. The monoisotopic (exact) mass is 512 g/mol. The molecule has 1 aromatic heterocycles. The Bertz CT molecular complexity index is 1840. The molecule has 1 aliphatic heterocycles. The molecule has 0 radical (unpaired) electrons. The van der Waals surface area contributed by atoms with Crippen LogP contribution in [-0.2, 0) is 0 Å². The SMILES string of the molecule is N#Cc1ncccc1-c1cccc(-c2cccc(N3c4ccccc4N(c4ccccc4)c4ccccc43)c2)c1. The average Bonchev–Trinajstić information content (AvgIpc) is 3.04. The molecule has 0 atom stereocenters. The minimum Gasteiger partial charge on any atom is -0.306 e. The number of nitriles is 1. The molecule has 188 valence electrons. The smallest absolute Gasteiger partial charge is 0.148 e. The molecule has 0 fully saturated rings. The number of fused-ring (bicyclic) bond motifs is 2. The molecule has 5 aromatic carbocycles. The highest BCUT2D eigenvalue weighted by Gasteiger charge is 2.30. The molecule has 0 bridgehead atoms. The lowest BCUT2D eigenvalue weighted by atomic mass is 9.97. The van der Waals surface area contributed by atoms with Gasteiger partial charge in [0.1, 0.15) is 11.8 Å². The van der Waals surface area contributed by atoms with E-state index in [1.165, 1.54) is 0 Å². The van der Waals surface area contributed by atoms with Crippen LogP contribution in [0.25, 0.3) is 22.3 Å². The fraction of sp³-hybridized carbons (Fsp3) is 0. The number of anilines is 6. The van der Waals surface area contributed by atoms with Gasteiger partial charge in [-0.3, -0.25) is 0 Å². The van der Waals surface area contributed by atoms with Crippen molar-refractivity contribution in [1.29, 1.82) is 5.26 Å². The predicted molar refractivity (Wildman–Crippen MR) is 163 cm³/mol. The maximum Gasteiger partial charge on any atom is 0.148 e. The third-order valence-corrected chi connectivity index (χ3v) is 7.27. The maximum absolute atomic E-state index is 9.58. The fourth-order valence-corrected chi connectivity index (χ4v) is 5.50. The second kappa shape index (κ2) is 9.90. The minimum atomic E-state index is 0.429. The lowest BCUT2D eigenvalue weighted by molar-refractivity contribution is 1.17. The highest BCUT2D eigenvalue weighted by atomic mass is 15.3. The van der Waals surface area contributed by atoms with Crippen LogP contribution in [-0.4, -0.2) is 4.98 Å². The van der Waals surface area contributed by atoms with Gasteiger partial charge < -0.3 is 9.80 Å². The number of pyridine rings is 1. The van der Waals surface area contributed by atoms with Crippen LogP contribution in [0.5, 0.6) is 0 Å². The van der Waals surface area contributed by atoms with Crippen molar-refractivity contribution < 1.29 is 0 Å². The molecule has 0 unspecified atom stereocenters. The Kier molecular flexibility index (Phi) is 5.81. The van der Waals surface area contributed by atoms with Crippen LogP contribution < -0.4 is 9.80 Å². The predicted octanol–water partition coefficient (Wildman–Crippen LogP) is 9.54. The molecule has 40 heavy (non-hydrogen) atoms. The van der Waals surface area contributed by atoms with E-state index < -0.39 is 0 Å². The van der Waals surface area contributed by atoms with Gasteiger partial charge in [0.25, 0.3) is 0 Å². The summed E-state index contributed by atoms with van der Waals surface area (Å²) in [4.78, 5) is 8.92. The van der Waals surface area contributed by atoms with E-state index in [1.54, 1.807) is 6.20 Å². The van der Waals surface area contributed by atoms with E-state index in [-0.39, 0.29) is 0 Å². The average molecular weight is 513 g/mol. The molecule has 0 saturated carbocycles. The number of nitrogens with zero attached hydrogens (tertiary/aromatic N) is 4. The number of hydrogen-bond donors (Lipinski definition) is 0. The van der Waals surface area contributed by atoms with Crippen molar-refractivity contribution in [2.45, 2.75) is 0 Å². The third kappa shape index (κ3) is 3.98. The Balaban J connectivity index is 1.36. The van der Waals surface area contributed by atoms with Gasteiger partial charge in [0.2, 0.25) is 0 Å². The summed E-state index contributed by atoms with van der Waals surface area (Å²) in [7, 11) is 0. The Morgan fingerprint density at radius 3 is 1.65 bits per heavy atom. The van der Waals surface area contributed by atoms with E-state index in [2.05, 4.69) is 130 Å². The normalized spacial score (nSPS) is 11.9. The van der Waals surface area contributed by atoms with Gasteiger partial charge in [0.05, 0.1) is 22.7 Å². The van der Waals surface area contributed by atoms with Crippen molar-refractivity contribution in [3.8, 4) is 28.3 Å². The first-order valence-corrected chi connectivity index (χ1v) is 13.2. The van der Waals surface area contributed by atoms with Gasteiger partial charge in [-0.05, 0) is 83.4 Å². The standard InChI is InChI=1S/C36H24N4/c37-25-32-31(17-10-22-38-32)28-13-8-11-26(23-28)27-12-9-16-30(24-27)40-35-20-6-4-18-33(35)39(29-14-2-1-3-15-29)34-19-5-7-21-36(34)40/h1-24H. The Hall–Kier alpha value is -5.66.